The number of ether oxygens (including phenoxy) is 2. The van der Waals surface area contributed by atoms with Crippen molar-refractivity contribution < 1.29 is 9.47 Å². The van der Waals surface area contributed by atoms with Crippen molar-refractivity contribution in [3.05, 3.63) is 11.8 Å². The van der Waals surface area contributed by atoms with Gasteiger partial charge in [0.05, 0.1) is 14.2 Å². The fraction of sp³-hybridized carbons (Fsp3) is 0.846. The molecule has 2 atom stereocenters. The van der Waals surface area contributed by atoms with Crippen molar-refractivity contribution in [3.8, 4) is 0 Å². The molecule has 0 aliphatic carbocycles. The van der Waals surface area contributed by atoms with Gasteiger partial charge in [-0.15, -0.1) is 6.58 Å². The summed E-state index contributed by atoms with van der Waals surface area (Å²) in [5, 5.41) is 1.45. The van der Waals surface area contributed by atoms with Crippen LogP contribution in [-0.2, 0) is 9.47 Å². The zero-order valence-corrected chi connectivity index (χ0v) is 12.2. The van der Waals surface area contributed by atoms with E-state index in [1.807, 2.05) is 0 Å². The van der Waals surface area contributed by atoms with Crippen LogP contribution in [0.4, 0.5) is 0 Å². The van der Waals surface area contributed by atoms with E-state index in [4.69, 9.17) is 9.47 Å². The van der Waals surface area contributed by atoms with Gasteiger partial charge < -0.3 is 9.47 Å². The first kappa shape index (κ1) is 13.9. The Bertz CT molecular complexity index is 233. The molecule has 0 aromatic heterocycles. The summed E-state index contributed by atoms with van der Waals surface area (Å²) < 4.78 is 11.1. The molecule has 0 bridgehead atoms. The van der Waals surface area contributed by atoms with Crippen LogP contribution >= 0.6 is 0 Å². The first-order valence-electron chi connectivity index (χ1n) is 6.30. The van der Waals surface area contributed by atoms with Gasteiger partial charge in [0.15, 0.2) is 6.29 Å². The van der Waals surface area contributed by atoms with Crippen molar-refractivity contribution in [2.24, 2.45) is 0 Å². The van der Waals surface area contributed by atoms with Gasteiger partial charge in [-0.25, -0.2) is 0 Å². The molecule has 0 aromatic rings. The predicted octanol–water partition coefficient (Wildman–Crippen LogP) is 3.74. The molecule has 1 fully saturated rings. The van der Waals surface area contributed by atoms with Gasteiger partial charge in [0.25, 0.3) is 0 Å². The number of rotatable bonds is 5. The molecule has 0 N–H and O–H groups in total. The Kier molecular flexibility index (Phi) is 5.22. The molecule has 1 heterocycles. The molecule has 0 spiro atoms. The highest BCUT2D eigenvalue weighted by molar-refractivity contribution is 6.82. The molecule has 0 aromatic carbocycles. The Balaban J connectivity index is 2.30. The monoisotopic (exact) mass is 242 g/mol. The number of hydrogen-bond donors (Lipinski definition) is 0. The van der Waals surface area contributed by atoms with Gasteiger partial charge in [0.2, 0.25) is 0 Å². The molecule has 1 saturated heterocycles. The minimum Gasteiger partial charge on any atom is -0.356 e. The smallest absolute Gasteiger partial charge is 0.157 e. The molecule has 0 amide bonds. The Morgan fingerprint density at radius 2 is 2.06 bits per heavy atom. The summed E-state index contributed by atoms with van der Waals surface area (Å²) in [5.41, 5.74) is 0. The van der Waals surface area contributed by atoms with Gasteiger partial charge in [-0.05, 0) is 32.1 Å². The Hall–Kier alpha value is -0.123. The average Bonchev–Trinajstić information content (AvgIpc) is 2.25. The molecule has 0 saturated carbocycles. The maximum absolute atomic E-state index is 5.85. The van der Waals surface area contributed by atoms with Crippen LogP contribution in [-0.4, -0.2) is 27.6 Å². The van der Waals surface area contributed by atoms with Crippen LogP contribution in [0.1, 0.15) is 32.1 Å². The van der Waals surface area contributed by atoms with Crippen LogP contribution in [0, 0.1) is 0 Å². The lowest BCUT2D eigenvalue weighted by atomic mass is 10.0. The number of allylic oxidation sites excluding steroid dienone is 1. The van der Waals surface area contributed by atoms with Crippen molar-refractivity contribution in [1.82, 2.24) is 0 Å². The van der Waals surface area contributed by atoms with E-state index in [1.54, 1.807) is 7.11 Å². The fourth-order valence-electron chi connectivity index (χ4n) is 1.96. The minimum absolute atomic E-state index is 0.0268. The summed E-state index contributed by atoms with van der Waals surface area (Å²) in [5.74, 6) is 0. The van der Waals surface area contributed by atoms with Crippen molar-refractivity contribution >= 4 is 8.07 Å². The number of methoxy groups -OCH3 is 1. The molecule has 16 heavy (non-hydrogen) atoms. The lowest BCUT2D eigenvalue weighted by molar-refractivity contribution is -0.180. The summed E-state index contributed by atoms with van der Waals surface area (Å²) in [6, 6.07) is 0. The van der Waals surface area contributed by atoms with Crippen LogP contribution < -0.4 is 0 Å². The Morgan fingerprint density at radius 1 is 1.38 bits per heavy atom. The first-order valence-corrected chi connectivity index (χ1v) is 9.80. The van der Waals surface area contributed by atoms with E-state index in [2.05, 4.69) is 26.2 Å². The van der Waals surface area contributed by atoms with Gasteiger partial charge >= 0.3 is 0 Å². The van der Waals surface area contributed by atoms with E-state index in [9.17, 15) is 0 Å². The number of hydrogen-bond acceptors (Lipinski definition) is 2. The molecular weight excluding hydrogens is 216 g/mol. The van der Waals surface area contributed by atoms with E-state index in [1.165, 1.54) is 18.0 Å². The maximum atomic E-state index is 5.85. The summed E-state index contributed by atoms with van der Waals surface area (Å²) in [4.78, 5) is 0. The van der Waals surface area contributed by atoms with Gasteiger partial charge in [0.1, 0.15) is 0 Å². The van der Waals surface area contributed by atoms with Crippen LogP contribution in [0.2, 0.25) is 19.6 Å². The third kappa shape index (κ3) is 4.40. The molecule has 0 radical (unpaired) electrons. The largest absolute Gasteiger partial charge is 0.356 e. The van der Waals surface area contributed by atoms with Crippen LogP contribution in [0.15, 0.2) is 11.8 Å². The predicted molar refractivity (Wildman–Crippen MR) is 71.2 cm³/mol. The Morgan fingerprint density at radius 3 is 2.62 bits per heavy atom. The van der Waals surface area contributed by atoms with Crippen molar-refractivity contribution in [3.63, 3.8) is 0 Å². The highest BCUT2D eigenvalue weighted by atomic mass is 28.3. The zero-order chi connectivity index (χ0) is 12.2. The lowest BCUT2D eigenvalue weighted by Crippen LogP contribution is -2.30. The van der Waals surface area contributed by atoms with Gasteiger partial charge in [-0.2, -0.15) is 0 Å². The summed E-state index contributed by atoms with van der Waals surface area (Å²) in [7, 11) is 0.579. The van der Waals surface area contributed by atoms with Crippen molar-refractivity contribution in [2.45, 2.75) is 64.1 Å². The second-order valence-electron chi connectivity index (χ2n) is 5.75. The maximum Gasteiger partial charge on any atom is 0.157 e. The van der Waals surface area contributed by atoms with E-state index in [0.29, 0.717) is 6.10 Å². The van der Waals surface area contributed by atoms with E-state index in [0.717, 1.165) is 19.3 Å². The molecule has 1 rings (SSSR count). The van der Waals surface area contributed by atoms with Crippen molar-refractivity contribution in [1.29, 1.82) is 0 Å². The summed E-state index contributed by atoms with van der Waals surface area (Å²) >= 11 is 0. The quantitative estimate of drug-likeness (QED) is 0.684. The zero-order valence-electron chi connectivity index (χ0n) is 11.2. The highest BCUT2D eigenvalue weighted by Gasteiger charge is 2.23. The SMILES string of the molecule is C=C(CCC1CCCC(OC)O1)[Si](C)(C)C. The second-order valence-corrected chi connectivity index (χ2v) is 11.0. The van der Waals surface area contributed by atoms with Gasteiger partial charge in [-0.3, -0.25) is 0 Å². The van der Waals surface area contributed by atoms with Crippen LogP contribution in [0.5, 0.6) is 0 Å². The Labute approximate surface area is 101 Å². The van der Waals surface area contributed by atoms with E-state index in [-0.39, 0.29) is 6.29 Å². The van der Waals surface area contributed by atoms with E-state index >= 15 is 0 Å². The topological polar surface area (TPSA) is 18.5 Å². The fourth-order valence-corrected chi connectivity index (χ4v) is 2.85. The average molecular weight is 242 g/mol. The molecular formula is C13H26O2Si. The molecule has 2 unspecified atom stereocenters. The van der Waals surface area contributed by atoms with E-state index < -0.39 is 8.07 Å². The molecule has 2 nitrogen and oxygen atoms in total. The van der Waals surface area contributed by atoms with Crippen LogP contribution in [0.3, 0.4) is 0 Å². The van der Waals surface area contributed by atoms with Gasteiger partial charge in [-0.1, -0.05) is 24.8 Å². The van der Waals surface area contributed by atoms with Crippen molar-refractivity contribution in [2.75, 3.05) is 7.11 Å². The lowest BCUT2D eigenvalue weighted by Gasteiger charge is -2.30. The molecule has 94 valence electrons. The summed E-state index contributed by atoms with van der Waals surface area (Å²) in [6.45, 7) is 11.3. The third-order valence-corrected chi connectivity index (χ3v) is 5.77. The van der Waals surface area contributed by atoms with Gasteiger partial charge in [0, 0.05) is 7.11 Å². The van der Waals surface area contributed by atoms with Crippen LogP contribution in [0.25, 0.3) is 0 Å². The second kappa shape index (κ2) is 5.99. The standard InChI is InChI=1S/C13H26O2Si/c1-11(16(3,4)5)9-10-12-7-6-8-13(14-2)15-12/h12-13H,1,6-10H2,2-5H3. The molecule has 1 aliphatic rings. The third-order valence-electron chi connectivity index (χ3n) is 3.40. The normalized spacial score (nSPS) is 26.8. The molecule has 3 heteroatoms. The highest BCUT2D eigenvalue weighted by Crippen LogP contribution is 2.25. The summed E-state index contributed by atoms with van der Waals surface area (Å²) in [6.07, 6.45) is 6.09. The molecule has 1 aliphatic heterocycles. The minimum atomic E-state index is -1.15. The first-order chi connectivity index (χ1) is 7.43.